The minimum atomic E-state index is -0.355. The molecule has 1 unspecified atom stereocenters. The first-order valence-corrected chi connectivity index (χ1v) is 10.1. The van der Waals surface area contributed by atoms with E-state index in [0.29, 0.717) is 17.7 Å². The summed E-state index contributed by atoms with van der Waals surface area (Å²) < 4.78 is 11.5. The van der Waals surface area contributed by atoms with E-state index in [2.05, 4.69) is 5.32 Å². The van der Waals surface area contributed by atoms with Gasteiger partial charge in [0, 0.05) is 37.1 Å². The highest BCUT2D eigenvalue weighted by Gasteiger charge is 2.35. The summed E-state index contributed by atoms with van der Waals surface area (Å²) in [7, 11) is 0. The number of ether oxygens (including phenoxy) is 2. The molecule has 0 bridgehead atoms. The van der Waals surface area contributed by atoms with E-state index in [0.717, 1.165) is 33.9 Å². The Morgan fingerprint density at radius 1 is 1.20 bits per heavy atom. The molecule has 156 valence electrons. The monoisotopic (exact) mass is 408 g/mol. The summed E-state index contributed by atoms with van der Waals surface area (Å²) in [6.07, 6.45) is 0.995. The Labute approximate surface area is 175 Å². The van der Waals surface area contributed by atoms with Crippen molar-refractivity contribution in [2.45, 2.75) is 39.3 Å². The van der Waals surface area contributed by atoms with Crippen LogP contribution in [-0.4, -0.2) is 41.9 Å². The molecule has 2 aliphatic rings. The SMILES string of the molecule is CCOc1cc2c(cc1CNC(=O)CCN1C(=O)c3ccccc3C1=O)OC(C)C2. The molecular formula is C23H24N2O5. The van der Waals surface area contributed by atoms with Crippen LogP contribution in [0.4, 0.5) is 0 Å². The fraction of sp³-hybridized carbons (Fsp3) is 0.348. The van der Waals surface area contributed by atoms with Gasteiger partial charge in [0.15, 0.2) is 0 Å². The van der Waals surface area contributed by atoms with Crippen LogP contribution in [0.3, 0.4) is 0 Å². The van der Waals surface area contributed by atoms with E-state index in [1.165, 1.54) is 0 Å². The Balaban J connectivity index is 1.36. The third-order valence-corrected chi connectivity index (χ3v) is 5.30. The van der Waals surface area contributed by atoms with Crippen molar-refractivity contribution in [1.29, 1.82) is 0 Å². The molecule has 2 aromatic carbocycles. The standard InChI is InChI=1S/C23H24N2O5/c1-3-29-19-11-15-10-14(2)30-20(15)12-16(19)13-24-21(26)8-9-25-22(27)17-6-4-5-7-18(17)23(25)28/h4-7,11-12,14H,3,8-10,13H2,1-2H3,(H,24,26). The zero-order valence-corrected chi connectivity index (χ0v) is 17.1. The van der Waals surface area contributed by atoms with Crippen LogP contribution < -0.4 is 14.8 Å². The Morgan fingerprint density at radius 2 is 1.90 bits per heavy atom. The maximum Gasteiger partial charge on any atom is 0.261 e. The van der Waals surface area contributed by atoms with Crippen molar-refractivity contribution in [2.75, 3.05) is 13.2 Å². The van der Waals surface area contributed by atoms with Crippen molar-refractivity contribution in [3.63, 3.8) is 0 Å². The number of imide groups is 1. The van der Waals surface area contributed by atoms with Gasteiger partial charge < -0.3 is 14.8 Å². The molecule has 0 aliphatic carbocycles. The van der Waals surface area contributed by atoms with Gasteiger partial charge in [-0.05, 0) is 38.1 Å². The van der Waals surface area contributed by atoms with Gasteiger partial charge in [-0.3, -0.25) is 19.3 Å². The highest BCUT2D eigenvalue weighted by Crippen LogP contribution is 2.35. The number of rotatable bonds is 7. The normalized spacial score (nSPS) is 16.9. The lowest BCUT2D eigenvalue weighted by Gasteiger charge is -2.15. The summed E-state index contributed by atoms with van der Waals surface area (Å²) in [5.41, 5.74) is 2.71. The molecule has 3 amide bonds. The molecule has 2 aromatic rings. The first-order valence-electron chi connectivity index (χ1n) is 10.1. The fourth-order valence-corrected chi connectivity index (χ4v) is 3.85. The minimum absolute atomic E-state index is 0.0356. The molecule has 1 N–H and O–H groups in total. The molecule has 0 spiro atoms. The average Bonchev–Trinajstić information content (AvgIpc) is 3.21. The van der Waals surface area contributed by atoms with Gasteiger partial charge in [-0.1, -0.05) is 12.1 Å². The first kappa shape index (κ1) is 19.9. The van der Waals surface area contributed by atoms with E-state index in [9.17, 15) is 14.4 Å². The van der Waals surface area contributed by atoms with Crippen LogP contribution in [0, 0.1) is 0 Å². The average molecular weight is 408 g/mol. The van der Waals surface area contributed by atoms with Crippen molar-refractivity contribution >= 4 is 17.7 Å². The second-order valence-corrected chi connectivity index (χ2v) is 7.47. The van der Waals surface area contributed by atoms with Crippen LogP contribution in [0.2, 0.25) is 0 Å². The summed E-state index contributed by atoms with van der Waals surface area (Å²) in [4.78, 5) is 38.3. The number of hydrogen-bond acceptors (Lipinski definition) is 5. The molecule has 1 atom stereocenters. The van der Waals surface area contributed by atoms with Gasteiger partial charge in [-0.2, -0.15) is 0 Å². The summed E-state index contributed by atoms with van der Waals surface area (Å²) in [6, 6.07) is 10.6. The second kappa shape index (κ2) is 8.18. The lowest BCUT2D eigenvalue weighted by Crippen LogP contribution is -2.34. The number of nitrogens with zero attached hydrogens (tertiary/aromatic N) is 1. The summed E-state index contributed by atoms with van der Waals surface area (Å²) in [5.74, 6) is 0.596. The molecule has 2 heterocycles. The number of carbonyl (C=O) groups excluding carboxylic acids is 3. The molecule has 0 radical (unpaired) electrons. The number of benzene rings is 2. The lowest BCUT2D eigenvalue weighted by molar-refractivity contribution is -0.121. The summed E-state index contributed by atoms with van der Waals surface area (Å²) >= 11 is 0. The molecule has 0 saturated heterocycles. The van der Waals surface area contributed by atoms with E-state index in [1.807, 2.05) is 26.0 Å². The minimum Gasteiger partial charge on any atom is -0.494 e. The van der Waals surface area contributed by atoms with Crippen molar-refractivity contribution in [1.82, 2.24) is 10.2 Å². The van der Waals surface area contributed by atoms with Crippen LogP contribution in [0.15, 0.2) is 36.4 Å². The molecule has 0 aromatic heterocycles. The van der Waals surface area contributed by atoms with E-state index in [4.69, 9.17) is 9.47 Å². The van der Waals surface area contributed by atoms with Crippen LogP contribution in [0.1, 0.15) is 52.1 Å². The molecule has 7 heteroatoms. The highest BCUT2D eigenvalue weighted by atomic mass is 16.5. The summed E-state index contributed by atoms with van der Waals surface area (Å²) in [6.45, 7) is 4.77. The van der Waals surface area contributed by atoms with Gasteiger partial charge in [0.1, 0.15) is 17.6 Å². The number of fused-ring (bicyclic) bond motifs is 2. The maximum atomic E-state index is 12.4. The zero-order valence-electron chi connectivity index (χ0n) is 17.1. The van der Waals surface area contributed by atoms with Gasteiger partial charge in [0.25, 0.3) is 11.8 Å². The molecular weight excluding hydrogens is 384 g/mol. The van der Waals surface area contributed by atoms with Crippen LogP contribution >= 0.6 is 0 Å². The molecule has 7 nitrogen and oxygen atoms in total. The predicted octanol–water partition coefficient (Wildman–Crippen LogP) is 2.71. The Kier molecular flexibility index (Phi) is 5.44. The van der Waals surface area contributed by atoms with Gasteiger partial charge in [0.2, 0.25) is 5.91 Å². The van der Waals surface area contributed by atoms with E-state index in [-0.39, 0.29) is 43.3 Å². The molecule has 30 heavy (non-hydrogen) atoms. The van der Waals surface area contributed by atoms with Gasteiger partial charge >= 0.3 is 0 Å². The van der Waals surface area contributed by atoms with Gasteiger partial charge in [-0.15, -0.1) is 0 Å². The molecule has 2 aliphatic heterocycles. The van der Waals surface area contributed by atoms with Crippen molar-refractivity contribution < 1.29 is 23.9 Å². The number of amides is 3. The summed E-state index contributed by atoms with van der Waals surface area (Å²) in [5, 5.41) is 2.85. The lowest BCUT2D eigenvalue weighted by atomic mass is 10.1. The van der Waals surface area contributed by atoms with E-state index >= 15 is 0 Å². The Bertz CT molecular complexity index is 982. The van der Waals surface area contributed by atoms with Crippen molar-refractivity contribution in [2.24, 2.45) is 0 Å². The van der Waals surface area contributed by atoms with Crippen molar-refractivity contribution in [3.8, 4) is 11.5 Å². The molecule has 4 rings (SSSR count). The maximum absolute atomic E-state index is 12.4. The molecule has 0 fully saturated rings. The molecule has 0 saturated carbocycles. The third-order valence-electron chi connectivity index (χ3n) is 5.30. The quantitative estimate of drug-likeness (QED) is 0.712. The largest absolute Gasteiger partial charge is 0.494 e. The number of carbonyl (C=O) groups is 3. The third kappa shape index (κ3) is 3.75. The number of hydrogen-bond donors (Lipinski definition) is 1. The second-order valence-electron chi connectivity index (χ2n) is 7.47. The topological polar surface area (TPSA) is 84.9 Å². The fourth-order valence-electron chi connectivity index (χ4n) is 3.85. The number of nitrogens with one attached hydrogen (secondary N) is 1. The predicted molar refractivity (Wildman–Crippen MR) is 110 cm³/mol. The Morgan fingerprint density at radius 3 is 2.57 bits per heavy atom. The van der Waals surface area contributed by atoms with Crippen LogP contribution in [-0.2, 0) is 17.8 Å². The van der Waals surface area contributed by atoms with Crippen LogP contribution in [0.25, 0.3) is 0 Å². The van der Waals surface area contributed by atoms with Crippen LogP contribution in [0.5, 0.6) is 11.5 Å². The van der Waals surface area contributed by atoms with Gasteiger partial charge in [0.05, 0.1) is 17.7 Å². The zero-order chi connectivity index (χ0) is 21.3. The highest BCUT2D eigenvalue weighted by molar-refractivity contribution is 6.21. The van der Waals surface area contributed by atoms with E-state index < -0.39 is 0 Å². The smallest absolute Gasteiger partial charge is 0.261 e. The van der Waals surface area contributed by atoms with E-state index in [1.54, 1.807) is 24.3 Å². The van der Waals surface area contributed by atoms with Crippen molar-refractivity contribution in [3.05, 3.63) is 58.7 Å². The van der Waals surface area contributed by atoms with Gasteiger partial charge in [-0.25, -0.2) is 0 Å². The Hall–Kier alpha value is -3.35. The first-order chi connectivity index (χ1) is 14.5.